The minimum Gasteiger partial charge on any atom is -0.267 e. The van der Waals surface area contributed by atoms with Crippen molar-refractivity contribution in [3.05, 3.63) is 15.6 Å². The molecule has 1 aliphatic heterocycles. The van der Waals surface area contributed by atoms with Crippen molar-refractivity contribution in [2.24, 2.45) is 0 Å². The SMILES string of the molecule is CN1C(=O)c2sc3cscc3c2S1(=O)=O. The topological polar surface area (TPSA) is 54.5 Å². The number of sulfonamides is 1. The quantitative estimate of drug-likeness (QED) is 0.724. The molecule has 2 aromatic heterocycles. The third-order valence-electron chi connectivity index (χ3n) is 2.39. The van der Waals surface area contributed by atoms with Gasteiger partial charge >= 0.3 is 0 Å². The Morgan fingerprint density at radius 1 is 1.33 bits per heavy atom. The monoisotopic (exact) mass is 259 g/mol. The maximum atomic E-state index is 11.9. The maximum Gasteiger partial charge on any atom is 0.278 e. The summed E-state index contributed by atoms with van der Waals surface area (Å²) in [5.74, 6) is -0.420. The van der Waals surface area contributed by atoms with Gasteiger partial charge < -0.3 is 0 Å². The van der Waals surface area contributed by atoms with Crippen LogP contribution < -0.4 is 0 Å². The summed E-state index contributed by atoms with van der Waals surface area (Å²) in [6.45, 7) is 0. The minimum absolute atomic E-state index is 0.191. The van der Waals surface area contributed by atoms with E-state index in [1.807, 2.05) is 5.38 Å². The average Bonchev–Trinajstić information content (AvgIpc) is 2.75. The predicted octanol–water partition coefficient (Wildman–Crippen LogP) is 1.74. The summed E-state index contributed by atoms with van der Waals surface area (Å²) in [6, 6.07) is 0. The van der Waals surface area contributed by atoms with Crippen LogP contribution in [0.5, 0.6) is 0 Å². The van der Waals surface area contributed by atoms with E-state index in [1.54, 1.807) is 5.38 Å². The zero-order valence-electron chi connectivity index (χ0n) is 7.55. The third kappa shape index (κ3) is 0.952. The van der Waals surface area contributed by atoms with Gasteiger partial charge in [-0.25, -0.2) is 12.7 Å². The Morgan fingerprint density at radius 3 is 2.80 bits per heavy atom. The van der Waals surface area contributed by atoms with E-state index >= 15 is 0 Å². The Hall–Kier alpha value is -0.920. The van der Waals surface area contributed by atoms with Crippen molar-refractivity contribution in [2.75, 3.05) is 7.05 Å². The summed E-state index contributed by atoms with van der Waals surface area (Å²) in [5.41, 5.74) is 0. The van der Waals surface area contributed by atoms with E-state index in [4.69, 9.17) is 0 Å². The highest BCUT2D eigenvalue weighted by Crippen LogP contribution is 2.42. The van der Waals surface area contributed by atoms with Crippen LogP contribution in [0.3, 0.4) is 0 Å². The molecule has 0 saturated heterocycles. The first-order valence-corrected chi connectivity index (χ1v) is 7.25. The van der Waals surface area contributed by atoms with Crippen LogP contribution in [0.4, 0.5) is 0 Å². The Labute approximate surface area is 93.8 Å². The molecule has 3 rings (SSSR count). The van der Waals surface area contributed by atoms with Gasteiger partial charge in [-0.05, 0) is 0 Å². The second-order valence-corrected chi connectivity index (χ2v) is 6.89. The fourth-order valence-electron chi connectivity index (χ4n) is 1.59. The average molecular weight is 259 g/mol. The van der Waals surface area contributed by atoms with E-state index in [1.165, 1.54) is 29.7 Å². The molecule has 3 heterocycles. The smallest absolute Gasteiger partial charge is 0.267 e. The number of fused-ring (bicyclic) bond motifs is 3. The first-order valence-electron chi connectivity index (χ1n) is 4.05. The number of hydrogen-bond acceptors (Lipinski definition) is 5. The Morgan fingerprint density at radius 2 is 2.07 bits per heavy atom. The van der Waals surface area contributed by atoms with Gasteiger partial charge in [-0.2, -0.15) is 11.3 Å². The van der Waals surface area contributed by atoms with E-state index in [-0.39, 0.29) is 4.90 Å². The molecule has 0 aliphatic carbocycles. The fraction of sp³-hybridized carbons (Fsp3) is 0.125. The number of carbonyl (C=O) groups excluding carboxylic acids is 1. The van der Waals surface area contributed by atoms with E-state index < -0.39 is 15.9 Å². The van der Waals surface area contributed by atoms with Crippen LogP contribution in [0, 0.1) is 0 Å². The molecule has 7 heteroatoms. The Kier molecular flexibility index (Phi) is 1.62. The normalized spacial score (nSPS) is 18.7. The highest BCUT2D eigenvalue weighted by Gasteiger charge is 2.42. The second-order valence-electron chi connectivity index (χ2n) is 3.19. The van der Waals surface area contributed by atoms with Crippen molar-refractivity contribution in [2.45, 2.75) is 4.90 Å². The molecular weight excluding hydrogens is 254 g/mol. The molecule has 0 fully saturated rings. The van der Waals surface area contributed by atoms with E-state index in [9.17, 15) is 13.2 Å². The summed E-state index contributed by atoms with van der Waals surface area (Å²) in [4.78, 5) is 12.2. The van der Waals surface area contributed by atoms with Crippen molar-refractivity contribution < 1.29 is 13.2 Å². The molecule has 1 amide bonds. The standard InChI is InChI=1S/C8H5NO3S3/c1-9-8(10)6-7(15(9,11)12)4-2-13-3-5(4)14-6/h2-3H,1H3. The molecule has 0 unspecified atom stereocenters. The molecular formula is C8H5NO3S3. The number of carbonyl (C=O) groups is 1. The van der Waals surface area contributed by atoms with Crippen LogP contribution in [0.25, 0.3) is 10.1 Å². The summed E-state index contributed by atoms with van der Waals surface area (Å²) < 4.78 is 25.4. The maximum absolute atomic E-state index is 11.9. The summed E-state index contributed by atoms with van der Waals surface area (Å²) in [7, 11) is -2.29. The van der Waals surface area contributed by atoms with Crippen LogP contribution in [-0.2, 0) is 10.0 Å². The number of thiophene rings is 2. The van der Waals surface area contributed by atoms with Crippen molar-refractivity contribution in [1.29, 1.82) is 0 Å². The molecule has 15 heavy (non-hydrogen) atoms. The van der Waals surface area contributed by atoms with Crippen LogP contribution >= 0.6 is 22.7 Å². The second kappa shape index (κ2) is 2.60. The summed E-state index contributed by atoms with van der Waals surface area (Å²) in [5, 5.41) is 4.31. The molecule has 2 aromatic rings. The van der Waals surface area contributed by atoms with Crippen LogP contribution in [0.2, 0.25) is 0 Å². The largest absolute Gasteiger partial charge is 0.278 e. The molecule has 1 aliphatic rings. The summed E-state index contributed by atoms with van der Waals surface area (Å²) >= 11 is 2.69. The van der Waals surface area contributed by atoms with E-state index in [0.29, 0.717) is 10.3 Å². The lowest BCUT2D eigenvalue weighted by atomic mass is 10.3. The Balaban J connectivity index is 2.54. The van der Waals surface area contributed by atoms with Gasteiger partial charge in [-0.1, -0.05) is 0 Å². The molecule has 78 valence electrons. The van der Waals surface area contributed by atoms with Gasteiger partial charge in [-0.15, -0.1) is 11.3 Å². The molecule has 0 radical (unpaired) electrons. The minimum atomic E-state index is -3.59. The summed E-state index contributed by atoms with van der Waals surface area (Å²) in [6.07, 6.45) is 0. The van der Waals surface area contributed by atoms with Crippen molar-refractivity contribution in [3.63, 3.8) is 0 Å². The van der Waals surface area contributed by atoms with Crippen molar-refractivity contribution in [1.82, 2.24) is 4.31 Å². The first-order chi connectivity index (χ1) is 7.03. The van der Waals surface area contributed by atoms with Gasteiger partial charge in [0.15, 0.2) is 0 Å². The van der Waals surface area contributed by atoms with E-state index in [0.717, 1.165) is 9.01 Å². The molecule has 0 saturated carbocycles. The van der Waals surface area contributed by atoms with Gasteiger partial charge in [0.25, 0.3) is 15.9 Å². The van der Waals surface area contributed by atoms with Gasteiger partial charge in [0.05, 0.1) is 0 Å². The lowest BCUT2D eigenvalue weighted by Gasteiger charge is -2.06. The zero-order valence-corrected chi connectivity index (χ0v) is 10.0. The third-order valence-corrected chi connectivity index (χ3v) is 6.38. The van der Waals surface area contributed by atoms with Crippen LogP contribution in [0.15, 0.2) is 15.7 Å². The number of amides is 1. The fourth-order valence-corrected chi connectivity index (χ4v) is 5.64. The van der Waals surface area contributed by atoms with E-state index in [2.05, 4.69) is 0 Å². The molecule has 0 N–H and O–H groups in total. The van der Waals surface area contributed by atoms with Gasteiger partial charge in [0.1, 0.15) is 9.77 Å². The van der Waals surface area contributed by atoms with Crippen molar-refractivity contribution >= 4 is 48.7 Å². The molecule has 0 spiro atoms. The number of nitrogens with zero attached hydrogens (tertiary/aromatic N) is 1. The predicted molar refractivity (Wildman–Crippen MR) is 59.0 cm³/mol. The zero-order chi connectivity index (χ0) is 10.8. The number of rotatable bonds is 0. The highest BCUT2D eigenvalue weighted by molar-refractivity contribution is 7.90. The van der Waals surface area contributed by atoms with Crippen LogP contribution in [-0.4, -0.2) is 25.7 Å². The molecule has 0 bridgehead atoms. The highest BCUT2D eigenvalue weighted by atomic mass is 32.2. The van der Waals surface area contributed by atoms with Gasteiger partial charge in [0.2, 0.25) is 0 Å². The van der Waals surface area contributed by atoms with Gasteiger partial charge in [-0.3, -0.25) is 4.79 Å². The first kappa shape index (κ1) is 9.32. The molecule has 4 nitrogen and oxygen atoms in total. The van der Waals surface area contributed by atoms with Crippen LogP contribution in [0.1, 0.15) is 9.67 Å². The molecule has 0 atom stereocenters. The lowest BCUT2D eigenvalue weighted by Crippen LogP contribution is -2.24. The molecule has 0 aromatic carbocycles. The van der Waals surface area contributed by atoms with Crippen molar-refractivity contribution in [3.8, 4) is 0 Å². The lowest BCUT2D eigenvalue weighted by molar-refractivity contribution is 0.0896. The Bertz CT molecular complexity index is 679. The van der Waals surface area contributed by atoms with Gasteiger partial charge in [0, 0.05) is 27.9 Å². The number of hydrogen-bond donors (Lipinski definition) is 0.